The van der Waals surface area contributed by atoms with Gasteiger partial charge in [0, 0.05) is 12.5 Å². The van der Waals surface area contributed by atoms with Crippen LogP contribution in [0.25, 0.3) is 11.1 Å². The minimum Gasteiger partial charge on any atom is -0.480 e. The molecule has 2 aromatic rings. The molecule has 0 spiro atoms. The first-order valence-electron chi connectivity index (χ1n) is 12.5. The second-order valence-corrected chi connectivity index (χ2v) is 9.99. The quantitative estimate of drug-likeness (QED) is 0.510. The van der Waals surface area contributed by atoms with Crippen LogP contribution in [0.1, 0.15) is 63.0 Å². The Labute approximate surface area is 206 Å². The molecule has 7 heteroatoms. The first-order valence-corrected chi connectivity index (χ1v) is 12.5. The smallest absolute Gasteiger partial charge is 0.407 e. The molecule has 0 aromatic heterocycles. The fourth-order valence-electron chi connectivity index (χ4n) is 5.35. The summed E-state index contributed by atoms with van der Waals surface area (Å²) < 4.78 is 5.58. The van der Waals surface area contributed by atoms with Crippen molar-refractivity contribution in [1.82, 2.24) is 10.6 Å². The van der Waals surface area contributed by atoms with Gasteiger partial charge in [-0.2, -0.15) is 0 Å². The van der Waals surface area contributed by atoms with E-state index in [4.69, 9.17) is 4.74 Å². The maximum Gasteiger partial charge on any atom is 0.407 e. The second kappa shape index (κ2) is 10.5. The van der Waals surface area contributed by atoms with Crippen LogP contribution in [0.5, 0.6) is 0 Å². The highest BCUT2D eigenvalue weighted by molar-refractivity contribution is 5.88. The number of hydrogen-bond acceptors (Lipinski definition) is 4. The van der Waals surface area contributed by atoms with Gasteiger partial charge in [0.2, 0.25) is 5.91 Å². The van der Waals surface area contributed by atoms with Crippen LogP contribution in [-0.2, 0) is 14.3 Å². The minimum absolute atomic E-state index is 0.0425. The van der Waals surface area contributed by atoms with Gasteiger partial charge in [0.1, 0.15) is 12.1 Å². The van der Waals surface area contributed by atoms with Crippen molar-refractivity contribution in [2.45, 2.75) is 57.4 Å². The van der Waals surface area contributed by atoms with Crippen molar-refractivity contribution in [1.29, 1.82) is 0 Å². The number of amides is 2. The van der Waals surface area contributed by atoms with Crippen LogP contribution < -0.4 is 10.6 Å². The van der Waals surface area contributed by atoms with Crippen molar-refractivity contribution in [3.8, 4) is 11.1 Å². The van der Waals surface area contributed by atoms with E-state index < -0.39 is 23.5 Å². The van der Waals surface area contributed by atoms with E-state index in [9.17, 15) is 19.5 Å². The van der Waals surface area contributed by atoms with Crippen molar-refractivity contribution in [3.63, 3.8) is 0 Å². The van der Waals surface area contributed by atoms with Crippen LogP contribution in [0.4, 0.5) is 4.79 Å². The largest absolute Gasteiger partial charge is 0.480 e. The van der Waals surface area contributed by atoms with Crippen molar-refractivity contribution in [2.24, 2.45) is 11.8 Å². The second-order valence-electron chi connectivity index (χ2n) is 9.99. The number of nitrogens with one attached hydrogen (secondary N) is 2. The highest BCUT2D eigenvalue weighted by Crippen LogP contribution is 2.44. The summed E-state index contributed by atoms with van der Waals surface area (Å²) in [6.45, 7) is 4.05. The summed E-state index contributed by atoms with van der Waals surface area (Å²) in [5.74, 6) is -2.02. The summed E-state index contributed by atoms with van der Waals surface area (Å²) in [4.78, 5) is 37.6. The SMILES string of the molecule is CC(C)C(CNC(=O)OCC1c2ccccc2-c2ccccc21)C(=O)NC1(C(=O)O)CCCCC1. The lowest BCUT2D eigenvalue weighted by atomic mass is 9.81. The first kappa shape index (κ1) is 24.8. The molecule has 1 atom stereocenters. The van der Waals surface area contributed by atoms with E-state index in [1.807, 2.05) is 38.1 Å². The van der Waals surface area contributed by atoms with Crippen molar-refractivity contribution in [3.05, 3.63) is 59.7 Å². The number of carboxylic acids is 1. The number of benzene rings is 2. The normalized spacial score (nSPS) is 17.2. The molecule has 35 heavy (non-hydrogen) atoms. The Balaban J connectivity index is 1.36. The van der Waals surface area contributed by atoms with E-state index >= 15 is 0 Å². The van der Waals surface area contributed by atoms with E-state index in [0.717, 1.165) is 41.5 Å². The Bertz CT molecular complexity index is 1040. The summed E-state index contributed by atoms with van der Waals surface area (Å²) in [6, 6.07) is 16.3. The highest BCUT2D eigenvalue weighted by atomic mass is 16.5. The molecule has 1 fully saturated rings. The summed E-state index contributed by atoms with van der Waals surface area (Å²) in [7, 11) is 0. The monoisotopic (exact) mass is 478 g/mol. The number of aliphatic carboxylic acids is 1. The summed E-state index contributed by atoms with van der Waals surface area (Å²) in [5, 5.41) is 15.3. The molecule has 186 valence electrons. The van der Waals surface area contributed by atoms with Crippen molar-refractivity contribution >= 4 is 18.0 Å². The lowest BCUT2D eigenvalue weighted by molar-refractivity contribution is -0.150. The molecule has 1 unspecified atom stereocenters. The molecule has 0 bridgehead atoms. The van der Waals surface area contributed by atoms with Gasteiger partial charge >= 0.3 is 12.1 Å². The predicted octanol–water partition coefficient (Wildman–Crippen LogP) is 4.70. The van der Waals surface area contributed by atoms with Gasteiger partial charge in [-0.1, -0.05) is 81.6 Å². The maximum atomic E-state index is 13.1. The number of fused-ring (bicyclic) bond motifs is 3. The number of hydrogen-bond donors (Lipinski definition) is 3. The van der Waals surface area contributed by atoms with Gasteiger partial charge < -0.3 is 20.5 Å². The molecule has 2 aromatic carbocycles. The van der Waals surface area contributed by atoms with Crippen LogP contribution in [-0.4, -0.2) is 41.8 Å². The Morgan fingerprint density at radius 3 is 2.09 bits per heavy atom. The average molecular weight is 479 g/mol. The Hall–Kier alpha value is -3.35. The van der Waals surface area contributed by atoms with Gasteiger partial charge in [0.15, 0.2) is 0 Å². The van der Waals surface area contributed by atoms with Crippen LogP contribution in [0.2, 0.25) is 0 Å². The third-order valence-electron chi connectivity index (χ3n) is 7.43. The third-order valence-corrected chi connectivity index (χ3v) is 7.43. The zero-order valence-electron chi connectivity index (χ0n) is 20.4. The summed E-state index contributed by atoms with van der Waals surface area (Å²) in [6.07, 6.45) is 2.79. The summed E-state index contributed by atoms with van der Waals surface area (Å²) >= 11 is 0. The highest BCUT2D eigenvalue weighted by Gasteiger charge is 2.42. The van der Waals surface area contributed by atoms with Gasteiger partial charge in [-0.25, -0.2) is 9.59 Å². The average Bonchev–Trinajstić information content (AvgIpc) is 3.17. The molecule has 0 aliphatic heterocycles. The van der Waals surface area contributed by atoms with E-state index in [2.05, 4.69) is 34.9 Å². The fraction of sp³-hybridized carbons (Fsp3) is 0.464. The minimum atomic E-state index is -1.22. The molecule has 2 aliphatic rings. The van der Waals surface area contributed by atoms with Gasteiger partial charge in [-0.15, -0.1) is 0 Å². The lowest BCUT2D eigenvalue weighted by Crippen LogP contribution is -2.58. The van der Waals surface area contributed by atoms with Gasteiger partial charge in [0.05, 0.1) is 5.92 Å². The molecule has 0 radical (unpaired) electrons. The maximum absolute atomic E-state index is 13.1. The molecule has 7 nitrogen and oxygen atoms in total. The molecule has 0 saturated heterocycles. The van der Waals surface area contributed by atoms with E-state index in [1.165, 1.54) is 0 Å². The number of alkyl carbamates (subject to hydrolysis) is 1. The zero-order chi connectivity index (χ0) is 25.0. The standard InChI is InChI=1S/C28H34N2O5/c1-18(2)23(25(31)30-28(26(32)33)14-8-3-9-15-28)16-29-27(34)35-17-24-21-12-6-4-10-19(21)20-11-5-7-13-22(20)24/h4-7,10-13,18,23-24H,3,8-9,14-17H2,1-2H3,(H,29,34)(H,30,31)(H,32,33). The number of carbonyl (C=O) groups is 3. The van der Waals surface area contributed by atoms with E-state index in [0.29, 0.717) is 12.8 Å². The summed E-state index contributed by atoms with van der Waals surface area (Å²) in [5.41, 5.74) is 3.36. The van der Waals surface area contributed by atoms with Crippen molar-refractivity contribution in [2.75, 3.05) is 13.2 Å². The molecule has 3 N–H and O–H groups in total. The first-order chi connectivity index (χ1) is 16.8. The molecular formula is C28H34N2O5. The van der Waals surface area contributed by atoms with Crippen LogP contribution in [0, 0.1) is 11.8 Å². The predicted molar refractivity (Wildman–Crippen MR) is 133 cm³/mol. The molecule has 2 amide bonds. The van der Waals surface area contributed by atoms with Gasteiger partial charge in [-0.3, -0.25) is 4.79 Å². The topological polar surface area (TPSA) is 105 Å². The number of rotatable bonds is 8. The number of carboxylic acid groups (broad SMARTS) is 1. The van der Waals surface area contributed by atoms with Crippen LogP contribution >= 0.6 is 0 Å². The lowest BCUT2D eigenvalue weighted by Gasteiger charge is -2.35. The Kier molecular flexibility index (Phi) is 7.43. The molecule has 2 aliphatic carbocycles. The van der Waals surface area contributed by atoms with Gasteiger partial charge in [-0.05, 0) is 41.0 Å². The third kappa shape index (κ3) is 5.19. The van der Waals surface area contributed by atoms with E-state index in [-0.39, 0.29) is 30.9 Å². The fourth-order valence-corrected chi connectivity index (χ4v) is 5.35. The Morgan fingerprint density at radius 2 is 1.54 bits per heavy atom. The van der Waals surface area contributed by atoms with E-state index in [1.54, 1.807) is 0 Å². The van der Waals surface area contributed by atoms with Crippen LogP contribution in [0.15, 0.2) is 48.5 Å². The Morgan fingerprint density at radius 1 is 0.971 bits per heavy atom. The zero-order valence-corrected chi connectivity index (χ0v) is 20.4. The number of ether oxygens (including phenoxy) is 1. The molecular weight excluding hydrogens is 444 g/mol. The molecule has 0 heterocycles. The number of carbonyl (C=O) groups excluding carboxylic acids is 2. The molecule has 1 saturated carbocycles. The molecule has 4 rings (SSSR count). The van der Waals surface area contributed by atoms with Gasteiger partial charge in [0.25, 0.3) is 0 Å². The van der Waals surface area contributed by atoms with Crippen molar-refractivity contribution < 1.29 is 24.2 Å². The van der Waals surface area contributed by atoms with Crippen LogP contribution in [0.3, 0.4) is 0 Å².